The van der Waals surface area contributed by atoms with Crippen molar-refractivity contribution in [2.45, 2.75) is 51.4 Å². The van der Waals surface area contributed by atoms with Gasteiger partial charge in [-0.15, -0.1) is 0 Å². The van der Waals surface area contributed by atoms with Crippen molar-refractivity contribution < 1.29 is 9.59 Å². The normalized spacial score (nSPS) is 36.5. The minimum absolute atomic E-state index is 0.0648. The second-order valence-electron chi connectivity index (χ2n) is 7.52. The smallest absolute Gasteiger partial charge is 0.252 e. The van der Waals surface area contributed by atoms with Crippen molar-refractivity contribution in [1.82, 2.24) is 0 Å². The molecule has 0 unspecified atom stereocenters. The summed E-state index contributed by atoms with van der Waals surface area (Å²) in [6.45, 7) is 2.20. The molecule has 2 nitrogen and oxygen atoms in total. The Labute approximate surface area is 136 Å². The monoisotopic (exact) mass is 316 g/mol. The summed E-state index contributed by atoms with van der Waals surface area (Å²) >= 11 is 5.61. The van der Waals surface area contributed by atoms with Crippen LogP contribution in [0, 0.1) is 17.3 Å². The average Bonchev–Trinajstić information content (AvgIpc) is 2.82. The Morgan fingerprint density at radius 1 is 1.23 bits per heavy atom. The number of halogens is 1. The van der Waals surface area contributed by atoms with Gasteiger partial charge in [-0.25, -0.2) is 0 Å². The molecule has 3 aliphatic rings. The number of Topliss-reactive ketones (excluding diaryl/α,β-unsaturated/α-hetero) is 1. The molecule has 22 heavy (non-hydrogen) atoms. The summed E-state index contributed by atoms with van der Waals surface area (Å²) in [6.07, 6.45) is 6.12. The molecule has 0 amide bonds. The van der Waals surface area contributed by atoms with Gasteiger partial charge in [-0.3, -0.25) is 9.59 Å². The molecule has 3 heteroatoms. The lowest BCUT2D eigenvalue weighted by Gasteiger charge is -2.48. The van der Waals surface area contributed by atoms with Gasteiger partial charge in [0.25, 0.3) is 5.24 Å². The molecule has 0 bridgehead atoms. The van der Waals surface area contributed by atoms with Gasteiger partial charge in [-0.1, -0.05) is 13.0 Å². The number of rotatable bonds is 1. The maximum Gasteiger partial charge on any atom is 0.252 e. The van der Waals surface area contributed by atoms with Crippen LogP contribution in [0.4, 0.5) is 0 Å². The second-order valence-corrected chi connectivity index (χ2v) is 7.86. The lowest BCUT2D eigenvalue weighted by molar-refractivity contribution is -0.129. The molecule has 4 rings (SSSR count). The molecule has 0 N–H and O–H groups in total. The topological polar surface area (TPSA) is 34.1 Å². The highest BCUT2D eigenvalue weighted by Crippen LogP contribution is 2.59. The fourth-order valence-corrected chi connectivity index (χ4v) is 5.59. The van der Waals surface area contributed by atoms with Crippen LogP contribution in [-0.2, 0) is 11.2 Å². The van der Waals surface area contributed by atoms with Gasteiger partial charge in [0.1, 0.15) is 5.78 Å². The molecule has 0 heterocycles. The number of benzene rings is 1. The minimum Gasteiger partial charge on any atom is -0.299 e. The third-order valence-electron chi connectivity index (χ3n) is 6.66. The van der Waals surface area contributed by atoms with Gasteiger partial charge >= 0.3 is 0 Å². The zero-order valence-electron chi connectivity index (χ0n) is 12.9. The van der Waals surface area contributed by atoms with Crippen molar-refractivity contribution in [1.29, 1.82) is 0 Å². The van der Waals surface area contributed by atoms with Gasteiger partial charge in [0, 0.05) is 17.4 Å². The third-order valence-corrected chi connectivity index (χ3v) is 6.88. The Morgan fingerprint density at radius 2 is 2.05 bits per heavy atom. The first-order valence-corrected chi connectivity index (χ1v) is 8.74. The first-order chi connectivity index (χ1) is 10.5. The van der Waals surface area contributed by atoms with E-state index >= 15 is 0 Å². The SMILES string of the molecule is C[C@]12CC[C@@H]3c4ccc(C(=O)Cl)cc4CC[C@H]3[C@@H]1CCC2=O. The maximum absolute atomic E-state index is 12.3. The Balaban J connectivity index is 1.70. The number of fused-ring (bicyclic) bond motifs is 5. The number of carbonyl (C=O) groups is 2. The highest BCUT2D eigenvalue weighted by atomic mass is 35.5. The van der Waals surface area contributed by atoms with E-state index in [0.29, 0.717) is 29.1 Å². The fraction of sp³-hybridized carbons (Fsp3) is 0.579. The van der Waals surface area contributed by atoms with E-state index in [9.17, 15) is 9.59 Å². The Morgan fingerprint density at radius 3 is 2.82 bits per heavy atom. The molecule has 0 aromatic heterocycles. The molecule has 2 saturated carbocycles. The molecule has 116 valence electrons. The van der Waals surface area contributed by atoms with Gasteiger partial charge < -0.3 is 0 Å². The van der Waals surface area contributed by atoms with Crippen molar-refractivity contribution in [3.63, 3.8) is 0 Å². The lowest BCUT2D eigenvalue weighted by Crippen LogP contribution is -2.42. The molecular formula is C19H21ClO2. The molecule has 4 atom stereocenters. The van der Waals surface area contributed by atoms with E-state index in [0.717, 1.165) is 38.5 Å². The molecule has 1 aromatic carbocycles. The van der Waals surface area contributed by atoms with Crippen LogP contribution < -0.4 is 0 Å². The fourth-order valence-electron chi connectivity index (χ4n) is 5.48. The molecule has 3 aliphatic carbocycles. The van der Waals surface area contributed by atoms with Crippen molar-refractivity contribution in [2.75, 3.05) is 0 Å². The average molecular weight is 317 g/mol. The minimum atomic E-state index is -0.373. The predicted octanol–water partition coefficient (Wildman–Crippen LogP) is 4.49. The van der Waals surface area contributed by atoms with Gasteiger partial charge in [0.05, 0.1) is 0 Å². The highest BCUT2D eigenvalue weighted by molar-refractivity contribution is 6.67. The van der Waals surface area contributed by atoms with E-state index in [1.165, 1.54) is 11.1 Å². The zero-order valence-corrected chi connectivity index (χ0v) is 13.7. The van der Waals surface area contributed by atoms with E-state index in [-0.39, 0.29) is 10.7 Å². The molecule has 0 aliphatic heterocycles. The van der Waals surface area contributed by atoms with Crippen molar-refractivity contribution in [3.8, 4) is 0 Å². The molecule has 0 spiro atoms. The predicted molar refractivity (Wildman–Crippen MR) is 86.2 cm³/mol. The zero-order chi connectivity index (χ0) is 15.5. The summed E-state index contributed by atoms with van der Waals surface area (Å²) in [6, 6.07) is 5.96. The van der Waals surface area contributed by atoms with E-state index in [1.807, 2.05) is 12.1 Å². The van der Waals surface area contributed by atoms with Gasteiger partial charge in [-0.2, -0.15) is 0 Å². The summed E-state index contributed by atoms with van der Waals surface area (Å²) in [5.74, 6) is 2.24. The number of aryl methyl sites for hydroxylation is 1. The molecular weight excluding hydrogens is 296 g/mol. The van der Waals surface area contributed by atoms with Crippen LogP contribution in [0.2, 0.25) is 0 Å². The van der Waals surface area contributed by atoms with E-state index in [1.54, 1.807) is 0 Å². The molecule has 1 aromatic rings. The summed E-state index contributed by atoms with van der Waals surface area (Å²) in [7, 11) is 0. The van der Waals surface area contributed by atoms with Gasteiger partial charge in [0.15, 0.2) is 0 Å². The number of hydrogen-bond donors (Lipinski definition) is 0. The van der Waals surface area contributed by atoms with Crippen LogP contribution in [0.5, 0.6) is 0 Å². The first kappa shape index (κ1) is 14.4. The number of carbonyl (C=O) groups excluding carboxylic acids is 2. The summed E-state index contributed by atoms with van der Waals surface area (Å²) < 4.78 is 0. The molecule has 0 radical (unpaired) electrons. The second kappa shape index (κ2) is 4.92. The van der Waals surface area contributed by atoms with Gasteiger partial charge in [0.2, 0.25) is 0 Å². The van der Waals surface area contributed by atoms with Crippen LogP contribution in [0.1, 0.15) is 66.4 Å². The van der Waals surface area contributed by atoms with E-state index in [4.69, 9.17) is 11.6 Å². The number of ketones is 1. The summed E-state index contributed by atoms with van der Waals surface area (Å²) in [5, 5.41) is -0.373. The Hall–Kier alpha value is -1.15. The lowest BCUT2D eigenvalue weighted by atomic mass is 9.55. The quantitative estimate of drug-likeness (QED) is 0.715. The van der Waals surface area contributed by atoms with Crippen molar-refractivity contribution in [3.05, 3.63) is 34.9 Å². The summed E-state index contributed by atoms with van der Waals surface area (Å²) in [4.78, 5) is 23.7. The molecule has 0 saturated heterocycles. The highest BCUT2D eigenvalue weighted by Gasteiger charge is 2.54. The van der Waals surface area contributed by atoms with Crippen LogP contribution in [0.15, 0.2) is 18.2 Å². The van der Waals surface area contributed by atoms with Crippen molar-refractivity contribution in [2.24, 2.45) is 17.3 Å². The van der Waals surface area contributed by atoms with E-state index < -0.39 is 0 Å². The van der Waals surface area contributed by atoms with E-state index in [2.05, 4.69) is 13.0 Å². The Bertz CT molecular complexity index is 665. The van der Waals surface area contributed by atoms with Crippen LogP contribution in [-0.4, -0.2) is 11.0 Å². The molecule has 2 fully saturated rings. The van der Waals surface area contributed by atoms with Crippen LogP contribution in [0.25, 0.3) is 0 Å². The summed E-state index contributed by atoms with van der Waals surface area (Å²) in [5.41, 5.74) is 3.24. The standard InChI is InChI=1S/C19H21ClO2/c1-19-9-8-14-13-4-3-12(18(20)22)10-11(13)2-5-15(14)16(19)6-7-17(19)21/h3-4,10,14-16H,2,5-9H2,1H3/t14-,15-,16+,19+/m1/s1. The number of hydrogen-bond acceptors (Lipinski definition) is 2. The maximum atomic E-state index is 12.3. The first-order valence-electron chi connectivity index (χ1n) is 8.36. The van der Waals surface area contributed by atoms with Gasteiger partial charge in [-0.05, 0) is 84.7 Å². The Kier molecular flexibility index (Phi) is 3.23. The third kappa shape index (κ3) is 1.93. The van der Waals surface area contributed by atoms with Crippen LogP contribution >= 0.6 is 11.6 Å². The largest absolute Gasteiger partial charge is 0.299 e. The van der Waals surface area contributed by atoms with Crippen molar-refractivity contribution >= 4 is 22.6 Å². The van der Waals surface area contributed by atoms with Crippen LogP contribution in [0.3, 0.4) is 0 Å².